The molecule has 2 unspecified atom stereocenters. The van der Waals surface area contributed by atoms with Crippen LogP contribution in [0.2, 0.25) is 0 Å². The summed E-state index contributed by atoms with van der Waals surface area (Å²) in [6.45, 7) is 4.90. The van der Waals surface area contributed by atoms with E-state index in [0.717, 1.165) is 70.6 Å². The summed E-state index contributed by atoms with van der Waals surface area (Å²) in [7, 11) is 0. The second-order valence-corrected chi connectivity index (χ2v) is 25.3. The van der Waals surface area contributed by atoms with E-state index in [1.165, 1.54) is 295 Å². The molecule has 6 nitrogen and oxygen atoms in total. The summed E-state index contributed by atoms with van der Waals surface area (Å²) < 4.78 is 5.50. The van der Waals surface area contributed by atoms with Gasteiger partial charge in [-0.2, -0.15) is 0 Å². The van der Waals surface area contributed by atoms with Gasteiger partial charge < -0.3 is 20.3 Å². The first-order valence-electron chi connectivity index (χ1n) is 37.1. The number of esters is 1. The Bertz CT molecular complexity index is 1430. The summed E-state index contributed by atoms with van der Waals surface area (Å²) in [6, 6.07) is -0.639. The highest BCUT2D eigenvalue weighted by Crippen LogP contribution is 2.18. The van der Waals surface area contributed by atoms with E-state index in [0.29, 0.717) is 19.4 Å². The molecule has 0 aromatic rings. The molecular formula is C77H143NO5. The minimum Gasteiger partial charge on any atom is -0.466 e. The number of aliphatic hydroxyl groups is 2. The number of carbonyl (C=O) groups excluding carboxylic acids is 2. The Morgan fingerprint density at radius 1 is 0.337 bits per heavy atom. The lowest BCUT2D eigenvalue weighted by atomic mass is 10.0. The van der Waals surface area contributed by atoms with Crippen molar-refractivity contribution in [2.75, 3.05) is 13.2 Å². The first kappa shape index (κ1) is 80.6. The standard InChI is InChI=1S/C77H143NO5/c1-3-5-7-9-11-13-15-17-19-21-23-24-25-27-30-34-37-41-45-49-53-57-61-65-69-75(80)74(73-79)78-76(81)70-66-62-58-54-50-46-42-38-35-31-28-26-29-32-36-40-44-48-52-56-60-64-68-72-83-77(82)71-67-63-59-55-51-47-43-39-33-22-20-18-16-14-12-10-8-6-4-2/h12,14,18,20,26,29,31,35,65,69,74-75,79-80H,3-11,13,15-17,19,21-25,27-28,30,32-34,36-64,66-68,70-73H2,1-2H3,(H,78,81)/b14-12-,20-18-,29-26-,35-31-,69-65+. The van der Waals surface area contributed by atoms with Gasteiger partial charge in [-0.3, -0.25) is 9.59 Å². The highest BCUT2D eigenvalue weighted by atomic mass is 16.5. The van der Waals surface area contributed by atoms with Crippen molar-refractivity contribution < 1.29 is 24.5 Å². The lowest BCUT2D eigenvalue weighted by Gasteiger charge is -2.20. The van der Waals surface area contributed by atoms with Gasteiger partial charge in [-0.15, -0.1) is 0 Å². The Balaban J connectivity index is 3.47. The molecule has 0 heterocycles. The van der Waals surface area contributed by atoms with Gasteiger partial charge in [-0.1, -0.05) is 344 Å². The number of nitrogens with one attached hydrogen (secondary N) is 1. The third-order valence-electron chi connectivity index (χ3n) is 17.0. The molecule has 2 atom stereocenters. The lowest BCUT2D eigenvalue weighted by Crippen LogP contribution is -2.45. The van der Waals surface area contributed by atoms with Crippen molar-refractivity contribution in [2.24, 2.45) is 0 Å². The largest absolute Gasteiger partial charge is 0.466 e. The van der Waals surface area contributed by atoms with Crippen LogP contribution in [0, 0.1) is 0 Å². The molecule has 0 aromatic carbocycles. The van der Waals surface area contributed by atoms with Crippen LogP contribution < -0.4 is 5.32 Å². The lowest BCUT2D eigenvalue weighted by molar-refractivity contribution is -0.143. The molecule has 486 valence electrons. The fraction of sp³-hybridized carbons (Fsp3) is 0.844. The molecule has 0 saturated carbocycles. The van der Waals surface area contributed by atoms with Crippen LogP contribution in [0.15, 0.2) is 60.8 Å². The van der Waals surface area contributed by atoms with E-state index >= 15 is 0 Å². The van der Waals surface area contributed by atoms with Gasteiger partial charge in [0, 0.05) is 12.8 Å². The average Bonchev–Trinajstić information content (AvgIpc) is 3.49. The number of unbranched alkanes of at least 4 members (excludes halogenated alkanes) is 50. The highest BCUT2D eigenvalue weighted by Gasteiger charge is 2.18. The van der Waals surface area contributed by atoms with Gasteiger partial charge >= 0.3 is 5.97 Å². The first-order valence-corrected chi connectivity index (χ1v) is 37.1. The molecule has 6 heteroatoms. The van der Waals surface area contributed by atoms with Crippen LogP contribution in [0.1, 0.15) is 393 Å². The predicted molar refractivity (Wildman–Crippen MR) is 365 cm³/mol. The summed E-state index contributed by atoms with van der Waals surface area (Å²) in [5, 5.41) is 23.3. The van der Waals surface area contributed by atoms with Gasteiger partial charge in [0.1, 0.15) is 0 Å². The van der Waals surface area contributed by atoms with Crippen LogP contribution >= 0.6 is 0 Å². The number of ether oxygens (including phenoxy) is 1. The first-order chi connectivity index (χ1) is 41.0. The van der Waals surface area contributed by atoms with Gasteiger partial charge in [-0.05, 0) is 96.3 Å². The van der Waals surface area contributed by atoms with Crippen molar-refractivity contribution in [2.45, 2.75) is 405 Å². The van der Waals surface area contributed by atoms with Crippen molar-refractivity contribution in [3.8, 4) is 0 Å². The molecule has 0 saturated heterocycles. The normalized spacial score (nSPS) is 12.9. The Hall–Kier alpha value is -2.44. The molecule has 0 radical (unpaired) electrons. The quantitative estimate of drug-likeness (QED) is 0.0320. The van der Waals surface area contributed by atoms with Crippen LogP contribution in [0.3, 0.4) is 0 Å². The van der Waals surface area contributed by atoms with E-state index in [9.17, 15) is 19.8 Å². The molecule has 0 aliphatic carbocycles. The number of hydrogen-bond acceptors (Lipinski definition) is 5. The minimum absolute atomic E-state index is 0.00296. The zero-order valence-electron chi connectivity index (χ0n) is 55.7. The molecular weight excluding hydrogens is 1020 g/mol. The number of carbonyl (C=O) groups is 2. The van der Waals surface area contributed by atoms with E-state index in [4.69, 9.17) is 4.74 Å². The maximum atomic E-state index is 12.5. The predicted octanol–water partition coefficient (Wildman–Crippen LogP) is 24.2. The molecule has 0 spiro atoms. The van der Waals surface area contributed by atoms with Crippen molar-refractivity contribution in [3.63, 3.8) is 0 Å². The van der Waals surface area contributed by atoms with Crippen molar-refractivity contribution >= 4 is 11.9 Å². The number of hydrogen-bond donors (Lipinski definition) is 3. The zero-order chi connectivity index (χ0) is 59.9. The Morgan fingerprint density at radius 3 is 0.940 bits per heavy atom. The molecule has 0 aliphatic heterocycles. The third-order valence-corrected chi connectivity index (χ3v) is 17.0. The molecule has 0 aromatic heterocycles. The SMILES string of the molecule is CCCCC/C=C\C/C=C\CCCCCCCCCCCC(=O)OCCCCCCCCCCC/C=C\C/C=C\CCCCCCCCCC(=O)NC(CO)C(O)/C=C/CCCCCCCCCCCCCCCCCCCCCCCC. The van der Waals surface area contributed by atoms with Crippen molar-refractivity contribution in [1.82, 2.24) is 5.32 Å². The van der Waals surface area contributed by atoms with Crippen LogP contribution in [-0.2, 0) is 14.3 Å². The number of aliphatic hydroxyl groups excluding tert-OH is 2. The number of rotatable bonds is 69. The van der Waals surface area contributed by atoms with Crippen LogP contribution in [-0.4, -0.2) is 47.4 Å². The molecule has 0 bridgehead atoms. The van der Waals surface area contributed by atoms with Crippen LogP contribution in [0.5, 0.6) is 0 Å². The summed E-state index contributed by atoms with van der Waals surface area (Å²) in [4.78, 5) is 24.7. The molecule has 0 rings (SSSR count). The monoisotopic (exact) mass is 1160 g/mol. The molecule has 83 heavy (non-hydrogen) atoms. The summed E-state index contributed by atoms with van der Waals surface area (Å²) in [5.41, 5.74) is 0. The molecule has 1 amide bonds. The zero-order valence-corrected chi connectivity index (χ0v) is 55.7. The smallest absolute Gasteiger partial charge is 0.305 e. The fourth-order valence-electron chi connectivity index (χ4n) is 11.3. The van der Waals surface area contributed by atoms with Crippen molar-refractivity contribution in [3.05, 3.63) is 60.8 Å². The van der Waals surface area contributed by atoms with Gasteiger partial charge in [-0.25, -0.2) is 0 Å². The second kappa shape index (κ2) is 72.0. The molecule has 3 N–H and O–H groups in total. The maximum Gasteiger partial charge on any atom is 0.305 e. The Kier molecular flexibility index (Phi) is 69.9. The minimum atomic E-state index is -0.854. The number of allylic oxidation sites excluding steroid dienone is 9. The third kappa shape index (κ3) is 68.5. The topological polar surface area (TPSA) is 95.9 Å². The summed E-state index contributed by atoms with van der Waals surface area (Å²) in [5.74, 6) is -0.0723. The highest BCUT2D eigenvalue weighted by molar-refractivity contribution is 5.76. The number of amides is 1. The van der Waals surface area contributed by atoms with Gasteiger partial charge in [0.2, 0.25) is 5.91 Å². The van der Waals surface area contributed by atoms with E-state index in [1.54, 1.807) is 6.08 Å². The van der Waals surface area contributed by atoms with Crippen LogP contribution in [0.4, 0.5) is 0 Å². The summed E-state index contributed by atoms with van der Waals surface area (Å²) >= 11 is 0. The van der Waals surface area contributed by atoms with Gasteiger partial charge in [0.15, 0.2) is 0 Å². The Labute approximate surface area is 518 Å². The van der Waals surface area contributed by atoms with Crippen molar-refractivity contribution in [1.29, 1.82) is 0 Å². The second-order valence-electron chi connectivity index (χ2n) is 25.3. The van der Waals surface area contributed by atoms with E-state index in [1.807, 2.05) is 6.08 Å². The molecule has 0 fully saturated rings. The van der Waals surface area contributed by atoms with E-state index < -0.39 is 12.1 Å². The summed E-state index contributed by atoms with van der Waals surface area (Å²) in [6.07, 6.45) is 95.9. The Morgan fingerprint density at radius 2 is 0.602 bits per heavy atom. The van der Waals surface area contributed by atoms with Gasteiger partial charge in [0.05, 0.1) is 25.4 Å². The average molecular weight is 1160 g/mol. The fourth-order valence-corrected chi connectivity index (χ4v) is 11.3. The molecule has 0 aliphatic rings. The maximum absolute atomic E-state index is 12.5. The van der Waals surface area contributed by atoms with Gasteiger partial charge in [0.25, 0.3) is 0 Å². The van der Waals surface area contributed by atoms with E-state index in [-0.39, 0.29) is 18.5 Å². The van der Waals surface area contributed by atoms with Crippen LogP contribution in [0.25, 0.3) is 0 Å². The van der Waals surface area contributed by atoms with E-state index in [2.05, 4.69) is 67.8 Å².